The summed E-state index contributed by atoms with van der Waals surface area (Å²) in [6.45, 7) is 5.15. The van der Waals surface area contributed by atoms with E-state index in [0.29, 0.717) is 23.1 Å². The van der Waals surface area contributed by atoms with Gasteiger partial charge in [0.25, 0.3) is 0 Å². The number of benzene rings is 1. The lowest BCUT2D eigenvalue weighted by Crippen LogP contribution is -2.36. The molecule has 3 aromatic rings. The first-order chi connectivity index (χ1) is 16.4. The first-order valence-corrected chi connectivity index (χ1v) is 11.5. The molecule has 3 heterocycles. The summed E-state index contributed by atoms with van der Waals surface area (Å²) in [7, 11) is 2.10. The van der Waals surface area contributed by atoms with Gasteiger partial charge in [-0.3, -0.25) is 4.98 Å². The summed E-state index contributed by atoms with van der Waals surface area (Å²) in [5.74, 6) is 6.36. The maximum absolute atomic E-state index is 13.3. The van der Waals surface area contributed by atoms with Gasteiger partial charge in [-0.1, -0.05) is 25.8 Å². The summed E-state index contributed by atoms with van der Waals surface area (Å²) in [6, 6.07) is 7.47. The summed E-state index contributed by atoms with van der Waals surface area (Å²) in [4.78, 5) is 10.3. The van der Waals surface area contributed by atoms with Gasteiger partial charge in [-0.25, -0.2) is 4.98 Å². The Balaban J connectivity index is 0.00000158. The van der Waals surface area contributed by atoms with E-state index in [1.807, 2.05) is 19.9 Å². The van der Waals surface area contributed by atoms with E-state index in [1.165, 1.54) is 4.57 Å². The number of piperidine rings is 1. The molecule has 2 N–H and O–H groups in total. The second kappa shape index (κ2) is 11.7. The topological polar surface area (TPSA) is 58.0 Å². The highest BCUT2D eigenvalue weighted by Crippen LogP contribution is 2.31. The normalized spacial score (nSPS) is 14.6. The van der Waals surface area contributed by atoms with E-state index in [0.717, 1.165) is 37.0 Å². The van der Waals surface area contributed by atoms with Crippen molar-refractivity contribution in [1.29, 1.82) is 0 Å². The standard InChI is InChI=1S/C23H25F3N6.C2H6/c1-31-12-7-17(8-13-31)30-20-5-2-6-21-19(20)14-18(32(21)16-23(24,25)26)4-3-9-28-22-15-27-10-11-29-22;1-2/h2,5-6,10-11,14-15,17,30H,7-9,12-13,16H2,1H3,(H,28,29);1-2H3. The van der Waals surface area contributed by atoms with Crippen molar-refractivity contribution in [2.75, 3.05) is 37.3 Å². The van der Waals surface area contributed by atoms with E-state index in [2.05, 4.69) is 44.4 Å². The highest BCUT2D eigenvalue weighted by atomic mass is 19.4. The highest BCUT2D eigenvalue weighted by molar-refractivity contribution is 5.94. The van der Waals surface area contributed by atoms with E-state index in [-0.39, 0.29) is 6.54 Å². The number of fused-ring (bicyclic) bond motifs is 1. The van der Waals surface area contributed by atoms with Gasteiger partial charge < -0.3 is 20.1 Å². The zero-order chi connectivity index (χ0) is 24.6. The lowest BCUT2D eigenvalue weighted by molar-refractivity contribution is -0.140. The largest absolute Gasteiger partial charge is 0.406 e. The molecule has 2 aromatic heterocycles. The Bertz CT molecular complexity index is 1110. The number of nitrogens with zero attached hydrogens (tertiary/aromatic N) is 4. The minimum Gasteiger partial charge on any atom is -0.382 e. The van der Waals surface area contributed by atoms with E-state index in [4.69, 9.17) is 0 Å². The third-order valence-corrected chi connectivity index (χ3v) is 5.50. The van der Waals surface area contributed by atoms with Crippen LogP contribution in [0.3, 0.4) is 0 Å². The molecule has 1 aliphatic heterocycles. The summed E-state index contributed by atoms with van der Waals surface area (Å²) < 4.78 is 41.2. The fourth-order valence-electron chi connectivity index (χ4n) is 3.90. The quantitative estimate of drug-likeness (QED) is 0.513. The molecular weight excluding hydrogens is 441 g/mol. The molecule has 1 saturated heterocycles. The fraction of sp³-hybridized carbons (Fsp3) is 0.440. The van der Waals surface area contributed by atoms with Crippen molar-refractivity contribution >= 4 is 22.4 Å². The predicted molar refractivity (Wildman–Crippen MR) is 131 cm³/mol. The third kappa shape index (κ3) is 6.87. The first-order valence-electron chi connectivity index (χ1n) is 11.5. The molecule has 1 aliphatic rings. The van der Waals surface area contributed by atoms with Crippen LogP contribution in [0.15, 0.2) is 42.9 Å². The number of aromatic nitrogens is 3. The molecule has 0 bridgehead atoms. The number of alkyl halides is 3. The Morgan fingerprint density at radius 3 is 2.59 bits per heavy atom. The molecule has 0 unspecified atom stereocenters. The van der Waals surface area contributed by atoms with E-state index < -0.39 is 12.7 Å². The van der Waals surface area contributed by atoms with Gasteiger partial charge in [-0.2, -0.15) is 13.2 Å². The van der Waals surface area contributed by atoms with Crippen molar-refractivity contribution in [3.05, 3.63) is 48.5 Å². The highest BCUT2D eigenvalue weighted by Gasteiger charge is 2.30. The summed E-state index contributed by atoms with van der Waals surface area (Å²) in [6.07, 6.45) is 2.31. The van der Waals surface area contributed by atoms with Gasteiger partial charge in [0.2, 0.25) is 0 Å². The van der Waals surface area contributed by atoms with Crippen LogP contribution in [0, 0.1) is 11.8 Å². The number of hydrogen-bond acceptors (Lipinski definition) is 5. The van der Waals surface area contributed by atoms with Crippen LogP contribution in [0.1, 0.15) is 32.4 Å². The number of anilines is 2. The lowest BCUT2D eigenvalue weighted by Gasteiger charge is -2.30. The second-order valence-electron chi connectivity index (χ2n) is 7.94. The summed E-state index contributed by atoms with van der Waals surface area (Å²) in [5, 5.41) is 7.28. The van der Waals surface area contributed by atoms with Crippen LogP contribution >= 0.6 is 0 Å². The van der Waals surface area contributed by atoms with Gasteiger partial charge in [0, 0.05) is 29.5 Å². The molecule has 4 rings (SSSR count). The molecule has 0 aliphatic carbocycles. The molecule has 0 atom stereocenters. The van der Waals surface area contributed by atoms with Crippen LogP contribution in [0.2, 0.25) is 0 Å². The average Bonchev–Trinajstić information content (AvgIpc) is 3.17. The van der Waals surface area contributed by atoms with Crippen molar-refractivity contribution < 1.29 is 13.2 Å². The molecule has 0 amide bonds. The average molecular weight is 473 g/mol. The van der Waals surface area contributed by atoms with Crippen molar-refractivity contribution in [2.24, 2.45) is 0 Å². The van der Waals surface area contributed by atoms with Crippen LogP contribution in [0.4, 0.5) is 24.7 Å². The summed E-state index contributed by atoms with van der Waals surface area (Å²) in [5.41, 5.74) is 1.70. The van der Waals surface area contributed by atoms with Crippen LogP contribution in [-0.2, 0) is 6.54 Å². The van der Waals surface area contributed by atoms with E-state index >= 15 is 0 Å². The molecular formula is C25H31F3N6. The zero-order valence-electron chi connectivity index (χ0n) is 19.8. The molecule has 182 valence electrons. The fourth-order valence-corrected chi connectivity index (χ4v) is 3.90. The molecule has 34 heavy (non-hydrogen) atoms. The second-order valence-corrected chi connectivity index (χ2v) is 7.94. The van der Waals surface area contributed by atoms with Crippen LogP contribution in [0.25, 0.3) is 10.9 Å². The number of hydrogen-bond donors (Lipinski definition) is 2. The molecule has 0 saturated carbocycles. The van der Waals surface area contributed by atoms with Crippen molar-refractivity contribution in [3.8, 4) is 11.8 Å². The van der Waals surface area contributed by atoms with Crippen LogP contribution in [0.5, 0.6) is 0 Å². The van der Waals surface area contributed by atoms with E-state index in [9.17, 15) is 13.2 Å². The molecule has 1 aromatic carbocycles. The van der Waals surface area contributed by atoms with Crippen LogP contribution in [-0.4, -0.2) is 58.3 Å². The molecule has 9 heteroatoms. The molecule has 0 radical (unpaired) electrons. The zero-order valence-corrected chi connectivity index (χ0v) is 19.8. The summed E-state index contributed by atoms with van der Waals surface area (Å²) >= 11 is 0. The maximum Gasteiger partial charge on any atom is 0.406 e. The minimum atomic E-state index is -4.35. The Kier molecular flexibility index (Phi) is 8.77. The minimum absolute atomic E-state index is 0.243. The molecule has 1 fully saturated rings. The lowest BCUT2D eigenvalue weighted by atomic mass is 10.0. The Morgan fingerprint density at radius 2 is 1.91 bits per heavy atom. The monoisotopic (exact) mass is 472 g/mol. The van der Waals surface area contributed by atoms with Crippen LogP contribution < -0.4 is 10.6 Å². The van der Waals surface area contributed by atoms with Gasteiger partial charge >= 0.3 is 6.18 Å². The van der Waals surface area contributed by atoms with Gasteiger partial charge in [0.15, 0.2) is 0 Å². The first kappa shape index (κ1) is 25.4. The Hall–Kier alpha value is -3.25. The predicted octanol–water partition coefficient (Wildman–Crippen LogP) is 4.99. The third-order valence-electron chi connectivity index (χ3n) is 5.50. The Labute approximate surface area is 198 Å². The van der Waals surface area contributed by atoms with Crippen molar-refractivity contribution in [3.63, 3.8) is 0 Å². The van der Waals surface area contributed by atoms with Gasteiger partial charge in [0.05, 0.1) is 24.0 Å². The smallest absolute Gasteiger partial charge is 0.382 e. The van der Waals surface area contributed by atoms with Crippen molar-refractivity contribution in [1.82, 2.24) is 19.4 Å². The number of likely N-dealkylation sites (tertiary alicyclic amines) is 1. The molecule has 6 nitrogen and oxygen atoms in total. The van der Waals surface area contributed by atoms with Gasteiger partial charge in [-0.15, -0.1) is 0 Å². The number of halogens is 3. The van der Waals surface area contributed by atoms with Crippen molar-refractivity contribution in [2.45, 2.75) is 45.5 Å². The maximum atomic E-state index is 13.3. The number of nitrogens with one attached hydrogen (secondary N) is 2. The van der Waals surface area contributed by atoms with E-state index in [1.54, 1.807) is 36.8 Å². The molecule has 0 spiro atoms. The number of rotatable bonds is 5. The van der Waals surface area contributed by atoms with Gasteiger partial charge in [-0.05, 0) is 57.1 Å². The Morgan fingerprint density at radius 1 is 1.15 bits per heavy atom. The SMILES string of the molecule is CC.CN1CCC(Nc2cccc3c2cc(C#CCNc2cnccn2)n3CC(F)(F)F)CC1. The van der Waals surface area contributed by atoms with Gasteiger partial charge in [0.1, 0.15) is 12.4 Å².